The van der Waals surface area contributed by atoms with Crippen molar-refractivity contribution in [3.63, 3.8) is 0 Å². The van der Waals surface area contributed by atoms with Crippen molar-refractivity contribution in [1.29, 1.82) is 0 Å². The summed E-state index contributed by atoms with van der Waals surface area (Å²) in [6, 6.07) is 8.04. The van der Waals surface area contributed by atoms with E-state index < -0.39 is 0 Å². The van der Waals surface area contributed by atoms with Crippen LogP contribution in [0.5, 0.6) is 5.75 Å². The molecule has 1 heterocycles. The maximum atomic E-state index is 10.8. The number of hydrogen-bond acceptors (Lipinski definition) is 2. The van der Waals surface area contributed by atoms with Crippen molar-refractivity contribution in [2.75, 3.05) is 6.61 Å². The second-order valence-electron chi connectivity index (χ2n) is 3.33. The van der Waals surface area contributed by atoms with Crippen molar-refractivity contribution in [1.82, 2.24) is 5.32 Å². The second kappa shape index (κ2) is 3.70. The van der Waals surface area contributed by atoms with Crippen LogP contribution in [-0.4, -0.2) is 12.5 Å². The summed E-state index contributed by atoms with van der Waals surface area (Å²) in [6.45, 7) is 2.62. The number of benzene rings is 1. The van der Waals surface area contributed by atoms with E-state index in [4.69, 9.17) is 4.74 Å². The quantitative estimate of drug-likeness (QED) is 0.738. The predicted molar refractivity (Wildman–Crippen MR) is 53.1 cm³/mol. The normalized spacial score (nSPS) is 19.8. The number of carbonyl (C=O) groups is 1. The maximum Gasteiger partial charge on any atom is 0.222 e. The summed E-state index contributed by atoms with van der Waals surface area (Å²) in [7, 11) is 0. The molecule has 3 nitrogen and oxygen atoms in total. The Labute approximate surface area is 83.1 Å². The number of hydrogen-bond donors (Lipinski definition) is 1. The monoisotopic (exact) mass is 191 g/mol. The smallest absolute Gasteiger partial charge is 0.222 e. The van der Waals surface area contributed by atoms with Gasteiger partial charge in [0, 0.05) is 0 Å². The van der Waals surface area contributed by atoms with Gasteiger partial charge in [-0.3, -0.25) is 4.79 Å². The highest BCUT2D eigenvalue weighted by molar-refractivity contribution is 5.83. The van der Waals surface area contributed by atoms with Crippen LogP contribution in [0.1, 0.15) is 24.9 Å². The third-order valence-electron chi connectivity index (χ3n) is 2.30. The molecule has 74 valence electrons. The summed E-state index contributed by atoms with van der Waals surface area (Å²) in [4.78, 5) is 10.8. The van der Waals surface area contributed by atoms with Crippen LogP contribution in [0.15, 0.2) is 24.3 Å². The molecule has 1 aliphatic heterocycles. The predicted octanol–water partition coefficient (Wildman–Crippen LogP) is 1.65. The minimum absolute atomic E-state index is 0.122. The zero-order chi connectivity index (χ0) is 9.97. The summed E-state index contributed by atoms with van der Waals surface area (Å²) in [5.41, 5.74) is 1.12. The van der Waals surface area contributed by atoms with E-state index in [1.807, 2.05) is 31.2 Å². The molecule has 0 saturated carbocycles. The summed E-state index contributed by atoms with van der Waals surface area (Å²) in [5, 5.41) is 2.83. The molecule has 1 N–H and O–H groups in total. The molecule has 0 radical (unpaired) electrons. The minimum atomic E-state index is 0.122. The molecule has 0 aliphatic carbocycles. The number of β-lactam (4-membered cyclic amide) rings is 1. The molecule has 1 aromatic carbocycles. The first-order valence-corrected chi connectivity index (χ1v) is 4.81. The van der Waals surface area contributed by atoms with Gasteiger partial charge in [0.05, 0.1) is 19.1 Å². The first-order valence-electron chi connectivity index (χ1n) is 4.81. The molecule has 1 saturated heterocycles. The van der Waals surface area contributed by atoms with E-state index >= 15 is 0 Å². The van der Waals surface area contributed by atoms with Crippen molar-refractivity contribution >= 4 is 5.91 Å². The Morgan fingerprint density at radius 2 is 2.36 bits per heavy atom. The average molecular weight is 191 g/mol. The lowest BCUT2D eigenvalue weighted by molar-refractivity contribution is -0.128. The van der Waals surface area contributed by atoms with E-state index in [2.05, 4.69) is 5.32 Å². The molecular formula is C11H13NO2. The first-order chi connectivity index (χ1) is 6.79. The molecule has 1 unspecified atom stereocenters. The fourth-order valence-corrected chi connectivity index (χ4v) is 1.55. The van der Waals surface area contributed by atoms with Crippen molar-refractivity contribution in [2.45, 2.75) is 19.4 Å². The number of amides is 1. The van der Waals surface area contributed by atoms with Crippen LogP contribution < -0.4 is 10.1 Å². The van der Waals surface area contributed by atoms with Crippen LogP contribution in [0, 0.1) is 0 Å². The van der Waals surface area contributed by atoms with E-state index in [9.17, 15) is 4.79 Å². The third-order valence-corrected chi connectivity index (χ3v) is 2.30. The van der Waals surface area contributed by atoms with E-state index in [1.54, 1.807) is 0 Å². The Kier molecular flexibility index (Phi) is 2.39. The maximum absolute atomic E-state index is 10.8. The fraction of sp³-hybridized carbons (Fsp3) is 0.364. The van der Waals surface area contributed by atoms with Gasteiger partial charge in [-0.2, -0.15) is 0 Å². The molecule has 14 heavy (non-hydrogen) atoms. The molecule has 1 aromatic rings. The van der Waals surface area contributed by atoms with Gasteiger partial charge in [-0.1, -0.05) is 12.1 Å². The van der Waals surface area contributed by atoms with Crippen LogP contribution in [0.25, 0.3) is 0 Å². The number of ether oxygens (including phenoxy) is 1. The molecule has 1 aliphatic rings. The molecule has 1 amide bonds. The first kappa shape index (κ1) is 9.06. The van der Waals surface area contributed by atoms with Gasteiger partial charge in [-0.05, 0) is 24.6 Å². The second-order valence-corrected chi connectivity index (χ2v) is 3.33. The van der Waals surface area contributed by atoms with E-state index in [1.165, 1.54) is 0 Å². The Bertz CT molecular complexity index is 341. The molecular weight excluding hydrogens is 178 g/mol. The van der Waals surface area contributed by atoms with Crippen LogP contribution in [-0.2, 0) is 4.79 Å². The standard InChI is InChI=1S/C11H13NO2/c1-2-14-9-5-3-4-8(6-9)10-7-11(13)12-10/h3-6,10H,2,7H2,1H3,(H,12,13). The largest absolute Gasteiger partial charge is 0.494 e. The van der Waals surface area contributed by atoms with E-state index in [0.717, 1.165) is 11.3 Å². The Morgan fingerprint density at radius 1 is 1.57 bits per heavy atom. The van der Waals surface area contributed by atoms with Crippen molar-refractivity contribution in [3.05, 3.63) is 29.8 Å². The number of nitrogens with one attached hydrogen (secondary N) is 1. The van der Waals surface area contributed by atoms with Crippen molar-refractivity contribution in [3.8, 4) is 5.75 Å². The Hall–Kier alpha value is -1.51. The summed E-state index contributed by atoms with van der Waals surface area (Å²) < 4.78 is 5.38. The molecule has 2 rings (SSSR count). The summed E-state index contributed by atoms with van der Waals surface area (Å²) in [5.74, 6) is 0.989. The minimum Gasteiger partial charge on any atom is -0.494 e. The van der Waals surface area contributed by atoms with Gasteiger partial charge in [-0.25, -0.2) is 0 Å². The van der Waals surface area contributed by atoms with E-state index in [-0.39, 0.29) is 11.9 Å². The lowest BCUT2D eigenvalue weighted by atomic mass is 9.97. The zero-order valence-electron chi connectivity index (χ0n) is 8.12. The lowest BCUT2D eigenvalue weighted by Gasteiger charge is -2.27. The summed E-state index contributed by atoms with van der Waals surface area (Å²) in [6.07, 6.45) is 0.593. The SMILES string of the molecule is CCOc1cccc(C2CC(=O)N2)c1. The molecule has 3 heteroatoms. The highest BCUT2D eigenvalue weighted by atomic mass is 16.5. The van der Waals surface area contributed by atoms with Gasteiger partial charge in [0.1, 0.15) is 5.75 Å². The van der Waals surface area contributed by atoms with Gasteiger partial charge in [0.15, 0.2) is 0 Å². The van der Waals surface area contributed by atoms with Crippen molar-refractivity contribution < 1.29 is 9.53 Å². The summed E-state index contributed by atoms with van der Waals surface area (Å²) >= 11 is 0. The molecule has 0 aromatic heterocycles. The van der Waals surface area contributed by atoms with Gasteiger partial charge in [0.2, 0.25) is 5.91 Å². The topological polar surface area (TPSA) is 38.3 Å². The lowest BCUT2D eigenvalue weighted by Crippen LogP contribution is -2.41. The molecule has 0 spiro atoms. The zero-order valence-corrected chi connectivity index (χ0v) is 8.12. The molecule has 1 fully saturated rings. The highest BCUT2D eigenvalue weighted by Gasteiger charge is 2.26. The van der Waals surface area contributed by atoms with Gasteiger partial charge in [0.25, 0.3) is 0 Å². The van der Waals surface area contributed by atoms with Gasteiger partial charge < -0.3 is 10.1 Å². The van der Waals surface area contributed by atoms with E-state index in [0.29, 0.717) is 13.0 Å². The van der Waals surface area contributed by atoms with Crippen molar-refractivity contribution in [2.24, 2.45) is 0 Å². The fourth-order valence-electron chi connectivity index (χ4n) is 1.55. The number of rotatable bonds is 3. The van der Waals surface area contributed by atoms with Crippen LogP contribution in [0.4, 0.5) is 0 Å². The van der Waals surface area contributed by atoms with Gasteiger partial charge in [-0.15, -0.1) is 0 Å². The molecule has 1 atom stereocenters. The third kappa shape index (κ3) is 1.71. The van der Waals surface area contributed by atoms with Crippen LogP contribution in [0.3, 0.4) is 0 Å². The van der Waals surface area contributed by atoms with Crippen LogP contribution >= 0.6 is 0 Å². The van der Waals surface area contributed by atoms with Gasteiger partial charge >= 0.3 is 0 Å². The van der Waals surface area contributed by atoms with Crippen LogP contribution in [0.2, 0.25) is 0 Å². The average Bonchev–Trinajstić information content (AvgIpc) is 2.14. The highest BCUT2D eigenvalue weighted by Crippen LogP contribution is 2.26. The number of carbonyl (C=O) groups excluding carboxylic acids is 1. The molecule has 0 bridgehead atoms. The Morgan fingerprint density at radius 3 is 3.00 bits per heavy atom. The Balaban J connectivity index is 2.10.